The minimum atomic E-state index is -0.503. The first-order chi connectivity index (χ1) is 14.4. The van der Waals surface area contributed by atoms with Crippen LogP contribution in [-0.2, 0) is 0 Å². The standard InChI is InChI=1S/C20H19ClN4O4S/c1-11-17(18(26)23-14-10-12(21)8-9-16(14)29-3)30-20(22-11)25-19(27)24-13-6-4-5-7-15(13)28-2/h4-10H,1-3H3,(H,23,26)(H2,22,24,25,27). The minimum Gasteiger partial charge on any atom is -0.495 e. The fraction of sp³-hybridized carbons (Fsp3) is 0.150. The smallest absolute Gasteiger partial charge is 0.325 e. The average Bonchev–Trinajstić information content (AvgIpc) is 3.08. The molecule has 3 amide bonds. The Hall–Kier alpha value is -3.30. The second kappa shape index (κ2) is 9.47. The lowest BCUT2D eigenvalue weighted by atomic mass is 10.2. The Labute approximate surface area is 182 Å². The second-order valence-corrected chi connectivity index (χ2v) is 7.45. The number of carbonyl (C=O) groups is 2. The SMILES string of the molecule is COc1ccccc1NC(=O)Nc1nc(C)c(C(=O)Nc2cc(Cl)ccc2OC)s1. The van der Waals surface area contributed by atoms with E-state index in [-0.39, 0.29) is 11.0 Å². The Kier molecular flexibility index (Phi) is 6.76. The molecule has 3 rings (SSSR count). The summed E-state index contributed by atoms with van der Waals surface area (Å²) in [6, 6.07) is 11.4. The van der Waals surface area contributed by atoms with Crippen LogP contribution in [-0.4, -0.2) is 31.1 Å². The summed E-state index contributed by atoms with van der Waals surface area (Å²) in [5, 5.41) is 8.82. The van der Waals surface area contributed by atoms with Gasteiger partial charge in [-0.1, -0.05) is 35.1 Å². The van der Waals surface area contributed by atoms with Crippen LogP contribution in [0.25, 0.3) is 0 Å². The summed E-state index contributed by atoms with van der Waals surface area (Å²) in [6.45, 7) is 1.68. The number of carbonyl (C=O) groups excluding carboxylic acids is 2. The van der Waals surface area contributed by atoms with E-state index in [0.717, 1.165) is 11.3 Å². The molecule has 0 radical (unpaired) electrons. The first kappa shape index (κ1) is 21.4. The number of para-hydroxylation sites is 2. The number of thiazole rings is 1. The van der Waals surface area contributed by atoms with Crippen LogP contribution in [0.4, 0.5) is 21.3 Å². The molecule has 156 valence electrons. The van der Waals surface area contributed by atoms with Crippen molar-refractivity contribution < 1.29 is 19.1 Å². The van der Waals surface area contributed by atoms with Gasteiger partial charge < -0.3 is 20.1 Å². The predicted octanol–water partition coefficient (Wildman–Crippen LogP) is 5.02. The summed E-state index contributed by atoms with van der Waals surface area (Å²) in [6.07, 6.45) is 0. The molecule has 10 heteroatoms. The average molecular weight is 447 g/mol. The summed E-state index contributed by atoms with van der Waals surface area (Å²) in [7, 11) is 3.02. The Morgan fingerprint density at radius 1 is 0.967 bits per heavy atom. The van der Waals surface area contributed by atoms with E-state index in [1.54, 1.807) is 49.4 Å². The van der Waals surface area contributed by atoms with E-state index in [9.17, 15) is 9.59 Å². The number of nitrogens with one attached hydrogen (secondary N) is 3. The molecule has 0 atom stereocenters. The molecule has 3 N–H and O–H groups in total. The monoisotopic (exact) mass is 446 g/mol. The van der Waals surface area contributed by atoms with Crippen molar-refractivity contribution in [3.8, 4) is 11.5 Å². The minimum absolute atomic E-state index is 0.281. The van der Waals surface area contributed by atoms with Crippen molar-refractivity contribution in [2.75, 3.05) is 30.2 Å². The van der Waals surface area contributed by atoms with E-state index in [1.807, 2.05) is 0 Å². The van der Waals surface area contributed by atoms with Crippen molar-refractivity contribution >= 4 is 51.4 Å². The first-order valence-electron chi connectivity index (χ1n) is 8.74. The highest BCUT2D eigenvalue weighted by Crippen LogP contribution is 2.30. The number of amides is 3. The van der Waals surface area contributed by atoms with Crippen LogP contribution in [0.3, 0.4) is 0 Å². The van der Waals surface area contributed by atoms with Gasteiger partial charge in [-0.15, -0.1) is 0 Å². The van der Waals surface area contributed by atoms with E-state index < -0.39 is 6.03 Å². The molecule has 0 spiro atoms. The van der Waals surface area contributed by atoms with Crippen LogP contribution in [0.2, 0.25) is 5.02 Å². The van der Waals surface area contributed by atoms with E-state index in [4.69, 9.17) is 21.1 Å². The zero-order valence-corrected chi connectivity index (χ0v) is 18.0. The van der Waals surface area contributed by atoms with Gasteiger partial charge in [-0.3, -0.25) is 10.1 Å². The zero-order chi connectivity index (χ0) is 21.7. The highest BCUT2D eigenvalue weighted by atomic mass is 35.5. The third-order valence-corrected chi connectivity index (χ3v) is 5.29. The summed E-state index contributed by atoms with van der Waals surface area (Å²) >= 11 is 7.06. The van der Waals surface area contributed by atoms with Gasteiger partial charge in [-0.05, 0) is 37.3 Å². The van der Waals surface area contributed by atoms with Gasteiger partial charge in [-0.25, -0.2) is 9.78 Å². The third-order valence-electron chi connectivity index (χ3n) is 3.99. The van der Waals surface area contributed by atoms with E-state index in [1.165, 1.54) is 14.2 Å². The lowest BCUT2D eigenvalue weighted by Crippen LogP contribution is -2.19. The van der Waals surface area contributed by atoms with Gasteiger partial charge in [-0.2, -0.15) is 0 Å². The van der Waals surface area contributed by atoms with Crippen LogP contribution in [0.1, 0.15) is 15.4 Å². The number of ether oxygens (including phenoxy) is 2. The second-order valence-electron chi connectivity index (χ2n) is 6.01. The highest BCUT2D eigenvalue weighted by molar-refractivity contribution is 7.17. The molecule has 0 aliphatic rings. The Balaban J connectivity index is 1.71. The molecule has 0 bridgehead atoms. The van der Waals surface area contributed by atoms with Crippen LogP contribution in [0, 0.1) is 6.92 Å². The van der Waals surface area contributed by atoms with Gasteiger partial charge in [0.2, 0.25) is 0 Å². The maximum absolute atomic E-state index is 12.7. The molecule has 0 unspecified atom stereocenters. The van der Waals surface area contributed by atoms with E-state index >= 15 is 0 Å². The number of benzene rings is 2. The van der Waals surface area contributed by atoms with Crippen LogP contribution in [0.15, 0.2) is 42.5 Å². The number of urea groups is 1. The number of methoxy groups -OCH3 is 2. The number of hydrogen-bond donors (Lipinski definition) is 3. The molecule has 2 aromatic carbocycles. The van der Waals surface area contributed by atoms with Crippen molar-refractivity contribution in [1.82, 2.24) is 4.98 Å². The number of anilines is 3. The summed E-state index contributed by atoms with van der Waals surface area (Å²) in [5.74, 6) is 0.617. The molecule has 3 aromatic rings. The summed E-state index contributed by atoms with van der Waals surface area (Å²) < 4.78 is 10.4. The predicted molar refractivity (Wildman–Crippen MR) is 118 cm³/mol. The molecular formula is C20H19ClN4O4S. The van der Waals surface area contributed by atoms with Crippen molar-refractivity contribution in [2.24, 2.45) is 0 Å². The molecule has 0 fully saturated rings. The molecule has 8 nitrogen and oxygen atoms in total. The quantitative estimate of drug-likeness (QED) is 0.493. The maximum atomic E-state index is 12.7. The lowest BCUT2D eigenvalue weighted by molar-refractivity contribution is 0.102. The normalized spacial score (nSPS) is 10.3. The third kappa shape index (κ3) is 5.00. The maximum Gasteiger partial charge on any atom is 0.325 e. The fourth-order valence-electron chi connectivity index (χ4n) is 2.62. The van der Waals surface area contributed by atoms with Gasteiger partial charge in [0.25, 0.3) is 5.91 Å². The fourth-order valence-corrected chi connectivity index (χ4v) is 3.64. The molecule has 1 aromatic heterocycles. The van der Waals surface area contributed by atoms with Crippen LogP contribution < -0.4 is 25.4 Å². The van der Waals surface area contributed by atoms with Gasteiger partial charge in [0.05, 0.1) is 31.3 Å². The number of rotatable bonds is 6. The molecule has 30 heavy (non-hydrogen) atoms. The Morgan fingerprint density at radius 2 is 1.67 bits per heavy atom. The first-order valence-corrected chi connectivity index (χ1v) is 9.94. The van der Waals surface area contributed by atoms with Gasteiger partial charge in [0, 0.05) is 5.02 Å². The zero-order valence-electron chi connectivity index (χ0n) is 16.4. The highest BCUT2D eigenvalue weighted by Gasteiger charge is 2.18. The van der Waals surface area contributed by atoms with Gasteiger partial charge >= 0.3 is 6.03 Å². The van der Waals surface area contributed by atoms with E-state index in [0.29, 0.717) is 38.5 Å². The summed E-state index contributed by atoms with van der Waals surface area (Å²) in [5.41, 5.74) is 1.43. The largest absolute Gasteiger partial charge is 0.495 e. The number of aromatic nitrogens is 1. The molecule has 0 aliphatic carbocycles. The molecule has 0 saturated carbocycles. The van der Waals surface area contributed by atoms with Crippen LogP contribution in [0.5, 0.6) is 11.5 Å². The number of halogens is 1. The van der Waals surface area contributed by atoms with Crippen molar-refractivity contribution in [3.05, 3.63) is 58.1 Å². The van der Waals surface area contributed by atoms with Crippen LogP contribution >= 0.6 is 22.9 Å². The van der Waals surface area contributed by atoms with Crippen molar-refractivity contribution in [3.63, 3.8) is 0 Å². The molecule has 0 saturated heterocycles. The number of nitrogens with zero attached hydrogens (tertiary/aromatic N) is 1. The topological polar surface area (TPSA) is 102 Å². The molecule has 1 heterocycles. The molecule has 0 aliphatic heterocycles. The Morgan fingerprint density at radius 3 is 2.40 bits per heavy atom. The van der Waals surface area contributed by atoms with Gasteiger partial charge in [0.1, 0.15) is 16.4 Å². The summed E-state index contributed by atoms with van der Waals surface area (Å²) in [4.78, 5) is 29.6. The number of hydrogen-bond acceptors (Lipinski definition) is 6. The van der Waals surface area contributed by atoms with Crippen molar-refractivity contribution in [1.29, 1.82) is 0 Å². The number of aryl methyl sites for hydroxylation is 1. The lowest BCUT2D eigenvalue weighted by Gasteiger charge is -2.10. The van der Waals surface area contributed by atoms with Crippen molar-refractivity contribution in [2.45, 2.75) is 6.92 Å². The van der Waals surface area contributed by atoms with E-state index in [2.05, 4.69) is 20.9 Å². The molecular weight excluding hydrogens is 428 g/mol. The Bertz CT molecular complexity index is 1090. The van der Waals surface area contributed by atoms with Gasteiger partial charge in [0.15, 0.2) is 5.13 Å².